The minimum absolute atomic E-state index is 0.0154. The predicted octanol–water partition coefficient (Wildman–Crippen LogP) is 3.59. The van der Waals surface area contributed by atoms with Crippen molar-refractivity contribution < 1.29 is 17.6 Å². The topological polar surface area (TPSA) is 82.9 Å². The number of hydrogen-bond donors (Lipinski definition) is 1. The molecule has 176 valence electrons. The first-order chi connectivity index (χ1) is 15.5. The van der Waals surface area contributed by atoms with Crippen molar-refractivity contribution in [3.63, 3.8) is 0 Å². The SMILES string of the molecule is CCN(CC)S(=O)(=O)c1ccc(CCC(=O)NCC(c2ccco2)N2CCCCC2)cc1. The van der Waals surface area contributed by atoms with Gasteiger partial charge in [-0.3, -0.25) is 9.69 Å². The van der Waals surface area contributed by atoms with Crippen molar-refractivity contribution in [2.24, 2.45) is 0 Å². The second-order valence-electron chi connectivity index (χ2n) is 8.17. The van der Waals surface area contributed by atoms with Crippen LogP contribution in [0.1, 0.15) is 56.9 Å². The van der Waals surface area contributed by atoms with Gasteiger partial charge in [0.1, 0.15) is 5.76 Å². The first-order valence-electron chi connectivity index (χ1n) is 11.6. The number of benzene rings is 1. The Kier molecular flexibility index (Phi) is 8.90. The summed E-state index contributed by atoms with van der Waals surface area (Å²) in [6.45, 7) is 7.10. The molecule has 1 atom stereocenters. The van der Waals surface area contributed by atoms with Gasteiger partial charge in [0.15, 0.2) is 0 Å². The van der Waals surface area contributed by atoms with E-state index >= 15 is 0 Å². The lowest BCUT2D eigenvalue weighted by molar-refractivity contribution is -0.121. The van der Waals surface area contributed by atoms with E-state index in [1.165, 1.54) is 23.6 Å². The minimum atomic E-state index is -3.46. The van der Waals surface area contributed by atoms with Crippen LogP contribution in [0.2, 0.25) is 0 Å². The van der Waals surface area contributed by atoms with Crippen LogP contribution in [-0.4, -0.2) is 56.3 Å². The third kappa shape index (κ3) is 6.21. The molecule has 3 rings (SSSR count). The lowest BCUT2D eigenvalue weighted by Gasteiger charge is -2.33. The molecule has 1 aliphatic rings. The summed E-state index contributed by atoms with van der Waals surface area (Å²) < 4.78 is 32.3. The summed E-state index contributed by atoms with van der Waals surface area (Å²) in [7, 11) is -3.46. The van der Waals surface area contributed by atoms with Crippen molar-refractivity contribution in [1.82, 2.24) is 14.5 Å². The van der Waals surface area contributed by atoms with E-state index in [1.807, 2.05) is 26.0 Å². The third-order valence-corrected chi connectivity index (χ3v) is 8.17. The Balaban J connectivity index is 1.53. The van der Waals surface area contributed by atoms with Crippen molar-refractivity contribution in [1.29, 1.82) is 0 Å². The number of likely N-dealkylation sites (tertiary alicyclic amines) is 1. The summed E-state index contributed by atoms with van der Waals surface area (Å²) in [6, 6.07) is 10.8. The zero-order valence-corrected chi connectivity index (χ0v) is 19.9. The molecule has 0 radical (unpaired) electrons. The molecule has 1 aromatic heterocycles. The fourth-order valence-corrected chi connectivity index (χ4v) is 5.68. The Morgan fingerprint density at radius 3 is 2.38 bits per heavy atom. The maximum atomic E-state index is 12.6. The molecule has 1 aliphatic heterocycles. The van der Waals surface area contributed by atoms with Gasteiger partial charge in [-0.15, -0.1) is 0 Å². The zero-order chi connectivity index (χ0) is 23.0. The standard InChI is InChI=1S/C24H35N3O4S/c1-3-27(4-2)32(29,30)21-13-10-20(11-14-21)12-15-24(28)25-19-22(23-9-8-18-31-23)26-16-6-5-7-17-26/h8-11,13-14,18,22H,3-7,12,15-17,19H2,1-2H3,(H,25,28). The number of piperidine rings is 1. The number of hydrogen-bond acceptors (Lipinski definition) is 5. The summed E-state index contributed by atoms with van der Waals surface area (Å²) in [5, 5.41) is 3.06. The minimum Gasteiger partial charge on any atom is -0.468 e. The van der Waals surface area contributed by atoms with Crippen LogP contribution < -0.4 is 5.32 Å². The average Bonchev–Trinajstić information content (AvgIpc) is 3.34. The molecule has 8 heteroatoms. The summed E-state index contributed by atoms with van der Waals surface area (Å²) >= 11 is 0. The molecule has 1 N–H and O–H groups in total. The molecular weight excluding hydrogens is 426 g/mol. The van der Waals surface area contributed by atoms with E-state index in [0.717, 1.165) is 24.4 Å². The second kappa shape index (κ2) is 11.6. The molecule has 1 saturated heterocycles. The average molecular weight is 462 g/mol. The Labute approximate surface area is 191 Å². The highest BCUT2D eigenvalue weighted by atomic mass is 32.2. The van der Waals surface area contributed by atoms with Gasteiger partial charge in [0, 0.05) is 26.1 Å². The predicted molar refractivity (Wildman–Crippen MR) is 125 cm³/mol. The molecule has 1 unspecified atom stereocenters. The molecule has 2 aromatic rings. The summed E-state index contributed by atoms with van der Waals surface area (Å²) in [5.41, 5.74) is 0.942. The summed E-state index contributed by atoms with van der Waals surface area (Å²) in [5.74, 6) is 0.871. The number of sulfonamides is 1. The van der Waals surface area contributed by atoms with E-state index < -0.39 is 10.0 Å². The van der Waals surface area contributed by atoms with Crippen molar-refractivity contribution >= 4 is 15.9 Å². The van der Waals surface area contributed by atoms with Crippen LogP contribution in [0.5, 0.6) is 0 Å². The van der Waals surface area contributed by atoms with Gasteiger partial charge in [-0.05, 0) is 62.2 Å². The van der Waals surface area contributed by atoms with Gasteiger partial charge >= 0.3 is 0 Å². The number of carbonyl (C=O) groups excluding carboxylic acids is 1. The number of carbonyl (C=O) groups is 1. The number of aryl methyl sites for hydroxylation is 1. The molecule has 1 amide bonds. The molecule has 2 heterocycles. The third-order valence-electron chi connectivity index (χ3n) is 6.10. The Bertz CT molecular complexity index is 932. The molecule has 0 spiro atoms. The van der Waals surface area contributed by atoms with Crippen LogP contribution in [-0.2, 0) is 21.2 Å². The number of nitrogens with one attached hydrogen (secondary N) is 1. The van der Waals surface area contributed by atoms with Crippen molar-refractivity contribution in [3.8, 4) is 0 Å². The Morgan fingerprint density at radius 1 is 1.09 bits per heavy atom. The van der Waals surface area contributed by atoms with Crippen molar-refractivity contribution in [3.05, 3.63) is 54.0 Å². The zero-order valence-electron chi connectivity index (χ0n) is 19.1. The maximum Gasteiger partial charge on any atom is 0.243 e. The molecule has 1 fully saturated rings. The van der Waals surface area contributed by atoms with Crippen molar-refractivity contribution in [2.75, 3.05) is 32.7 Å². The van der Waals surface area contributed by atoms with Crippen molar-refractivity contribution in [2.45, 2.75) is 56.9 Å². The van der Waals surface area contributed by atoms with Crippen LogP contribution in [0.4, 0.5) is 0 Å². The van der Waals surface area contributed by atoms with E-state index in [9.17, 15) is 13.2 Å². The number of amides is 1. The summed E-state index contributed by atoms with van der Waals surface area (Å²) in [4.78, 5) is 15.2. The highest BCUT2D eigenvalue weighted by molar-refractivity contribution is 7.89. The number of nitrogens with zero attached hydrogens (tertiary/aromatic N) is 2. The van der Waals surface area contributed by atoms with E-state index in [0.29, 0.717) is 32.5 Å². The van der Waals surface area contributed by atoms with Crippen LogP contribution >= 0.6 is 0 Å². The fraction of sp³-hybridized carbons (Fsp3) is 0.542. The highest BCUT2D eigenvalue weighted by Crippen LogP contribution is 2.24. The largest absolute Gasteiger partial charge is 0.468 e. The van der Waals surface area contributed by atoms with Crippen LogP contribution in [0.25, 0.3) is 0 Å². The molecule has 1 aromatic carbocycles. The maximum absolute atomic E-state index is 12.6. The van der Waals surface area contributed by atoms with Gasteiger partial charge in [-0.25, -0.2) is 8.42 Å². The smallest absolute Gasteiger partial charge is 0.243 e. The van der Waals surface area contributed by atoms with Crippen LogP contribution in [0, 0.1) is 0 Å². The van der Waals surface area contributed by atoms with Crippen LogP contribution in [0.15, 0.2) is 52.0 Å². The van der Waals surface area contributed by atoms with Gasteiger partial charge in [0.2, 0.25) is 15.9 Å². The van der Waals surface area contributed by atoms with Crippen LogP contribution in [0.3, 0.4) is 0 Å². The Morgan fingerprint density at radius 2 is 1.78 bits per heavy atom. The quantitative estimate of drug-likeness (QED) is 0.553. The normalized spacial score (nSPS) is 16.2. The van der Waals surface area contributed by atoms with E-state index in [1.54, 1.807) is 30.5 Å². The Hall–Kier alpha value is -2.16. The molecule has 7 nitrogen and oxygen atoms in total. The second-order valence-corrected chi connectivity index (χ2v) is 10.1. The van der Waals surface area contributed by atoms with Gasteiger partial charge in [-0.2, -0.15) is 4.31 Å². The first-order valence-corrected chi connectivity index (χ1v) is 13.0. The van der Waals surface area contributed by atoms with Gasteiger partial charge in [-0.1, -0.05) is 32.4 Å². The molecular formula is C24H35N3O4S. The lowest BCUT2D eigenvalue weighted by Crippen LogP contribution is -2.40. The molecule has 32 heavy (non-hydrogen) atoms. The van der Waals surface area contributed by atoms with Gasteiger partial charge in [0.25, 0.3) is 0 Å². The first kappa shape index (κ1) is 24.5. The molecule has 0 bridgehead atoms. The van der Waals surface area contributed by atoms with E-state index in [-0.39, 0.29) is 16.8 Å². The van der Waals surface area contributed by atoms with Gasteiger partial charge < -0.3 is 9.73 Å². The fourth-order valence-electron chi connectivity index (χ4n) is 4.22. The van der Waals surface area contributed by atoms with E-state index in [2.05, 4.69) is 10.2 Å². The monoisotopic (exact) mass is 461 g/mol. The number of rotatable bonds is 11. The highest BCUT2D eigenvalue weighted by Gasteiger charge is 2.25. The lowest BCUT2D eigenvalue weighted by atomic mass is 10.1. The molecule has 0 saturated carbocycles. The van der Waals surface area contributed by atoms with E-state index in [4.69, 9.17) is 4.42 Å². The number of furan rings is 1. The van der Waals surface area contributed by atoms with Gasteiger partial charge in [0.05, 0.1) is 17.2 Å². The summed E-state index contributed by atoms with van der Waals surface area (Å²) in [6.07, 6.45) is 6.19. The molecule has 0 aliphatic carbocycles.